The molecule has 1 aliphatic rings. The lowest BCUT2D eigenvalue weighted by molar-refractivity contribution is 0.0983. The van der Waals surface area contributed by atoms with E-state index in [-0.39, 0.29) is 6.09 Å². The fourth-order valence-corrected chi connectivity index (χ4v) is 2.48. The van der Waals surface area contributed by atoms with Crippen molar-refractivity contribution in [3.05, 3.63) is 18.5 Å². The van der Waals surface area contributed by atoms with Gasteiger partial charge in [0.1, 0.15) is 0 Å². The molecule has 2 N–H and O–H groups in total. The molecule has 0 unspecified atom stereocenters. The number of nitrogens with zero attached hydrogens (tertiary/aromatic N) is 2. The summed E-state index contributed by atoms with van der Waals surface area (Å²) >= 11 is 0. The number of nitrogens with one attached hydrogen (secondary N) is 2. The maximum Gasteiger partial charge on any atom is 0.409 e. The zero-order valence-electron chi connectivity index (χ0n) is 12.8. The van der Waals surface area contributed by atoms with Gasteiger partial charge < -0.3 is 20.3 Å². The number of carbonyl (C=O) groups is 1. The lowest BCUT2D eigenvalue weighted by Gasteiger charge is -2.32. The van der Waals surface area contributed by atoms with Crippen LogP contribution in [0.5, 0.6) is 0 Å². The van der Waals surface area contributed by atoms with E-state index in [0.29, 0.717) is 12.6 Å². The Hall–Kier alpha value is -1.98. The highest BCUT2D eigenvalue weighted by atomic mass is 16.6. The zero-order valence-corrected chi connectivity index (χ0v) is 12.8. The molecular weight excluding hydrogens is 268 g/mol. The highest BCUT2D eigenvalue weighted by Gasteiger charge is 2.23. The van der Waals surface area contributed by atoms with Crippen molar-refractivity contribution < 1.29 is 9.53 Å². The van der Waals surface area contributed by atoms with E-state index in [9.17, 15) is 4.79 Å². The van der Waals surface area contributed by atoms with Crippen LogP contribution < -0.4 is 10.6 Å². The topological polar surface area (TPSA) is 66.5 Å². The maximum absolute atomic E-state index is 11.6. The summed E-state index contributed by atoms with van der Waals surface area (Å²) in [5, 5.41) is 6.74. The Bertz CT molecular complexity index is 459. The standard InChI is InChI=1S/C15H24N4O2/c1-3-17-13-9-14(11-16-10-13)18-12-5-7-19(8-6-12)15(20)21-4-2/h9-12,17-18H,3-8H2,1-2H3. The quantitative estimate of drug-likeness (QED) is 0.873. The Kier molecular flexibility index (Phi) is 5.66. The zero-order chi connectivity index (χ0) is 15.1. The maximum atomic E-state index is 11.6. The Morgan fingerprint density at radius 1 is 1.33 bits per heavy atom. The van der Waals surface area contributed by atoms with Crippen LogP contribution in [0.3, 0.4) is 0 Å². The van der Waals surface area contributed by atoms with E-state index in [1.807, 2.05) is 19.3 Å². The number of ether oxygens (including phenoxy) is 1. The molecule has 116 valence electrons. The molecule has 21 heavy (non-hydrogen) atoms. The number of hydrogen-bond acceptors (Lipinski definition) is 5. The van der Waals surface area contributed by atoms with Crippen molar-refractivity contribution in [3.63, 3.8) is 0 Å². The van der Waals surface area contributed by atoms with Crippen molar-refractivity contribution >= 4 is 17.5 Å². The average molecular weight is 292 g/mol. The highest BCUT2D eigenvalue weighted by molar-refractivity contribution is 5.67. The van der Waals surface area contributed by atoms with Crippen LogP contribution in [0.25, 0.3) is 0 Å². The van der Waals surface area contributed by atoms with Crippen LogP contribution in [0, 0.1) is 0 Å². The fourth-order valence-electron chi connectivity index (χ4n) is 2.48. The molecular formula is C15H24N4O2. The van der Waals surface area contributed by atoms with Gasteiger partial charge in [-0.1, -0.05) is 0 Å². The van der Waals surface area contributed by atoms with Gasteiger partial charge in [0.2, 0.25) is 0 Å². The molecule has 1 fully saturated rings. The van der Waals surface area contributed by atoms with Crippen molar-refractivity contribution in [1.82, 2.24) is 9.88 Å². The Labute approximate surface area is 125 Å². The third kappa shape index (κ3) is 4.51. The first-order valence-electron chi connectivity index (χ1n) is 7.60. The number of pyridine rings is 1. The Balaban J connectivity index is 1.83. The van der Waals surface area contributed by atoms with E-state index in [4.69, 9.17) is 4.74 Å². The van der Waals surface area contributed by atoms with Gasteiger partial charge in [-0.25, -0.2) is 4.79 Å². The van der Waals surface area contributed by atoms with E-state index in [1.54, 1.807) is 4.90 Å². The highest BCUT2D eigenvalue weighted by Crippen LogP contribution is 2.19. The predicted molar refractivity (Wildman–Crippen MR) is 83.6 cm³/mol. The van der Waals surface area contributed by atoms with Crippen molar-refractivity contribution in [2.24, 2.45) is 0 Å². The normalized spacial score (nSPS) is 15.6. The molecule has 6 nitrogen and oxygen atoms in total. The van der Waals surface area contributed by atoms with Crippen molar-refractivity contribution in [3.8, 4) is 0 Å². The number of amides is 1. The van der Waals surface area contributed by atoms with Crippen LogP contribution in [0.2, 0.25) is 0 Å². The molecule has 0 radical (unpaired) electrons. The Morgan fingerprint density at radius 2 is 2.05 bits per heavy atom. The van der Waals surface area contributed by atoms with Crippen LogP contribution in [-0.4, -0.2) is 48.3 Å². The smallest absolute Gasteiger partial charge is 0.409 e. The number of aromatic nitrogens is 1. The first-order valence-corrected chi connectivity index (χ1v) is 7.60. The van der Waals surface area contributed by atoms with E-state index < -0.39 is 0 Å². The second-order valence-corrected chi connectivity index (χ2v) is 5.10. The molecule has 0 aliphatic carbocycles. The summed E-state index contributed by atoms with van der Waals surface area (Å²) < 4.78 is 5.03. The molecule has 0 atom stereocenters. The van der Waals surface area contributed by atoms with Crippen LogP contribution >= 0.6 is 0 Å². The minimum absolute atomic E-state index is 0.202. The van der Waals surface area contributed by atoms with Gasteiger partial charge in [-0.15, -0.1) is 0 Å². The van der Waals surface area contributed by atoms with Crippen LogP contribution in [0.4, 0.5) is 16.2 Å². The molecule has 2 rings (SSSR count). The first kappa shape index (κ1) is 15.4. The number of carbonyl (C=O) groups excluding carboxylic acids is 1. The SMILES string of the molecule is CCNc1cncc(NC2CCN(C(=O)OCC)CC2)c1. The van der Waals surface area contributed by atoms with Gasteiger partial charge in [0.25, 0.3) is 0 Å². The third-order valence-corrected chi connectivity index (χ3v) is 3.51. The van der Waals surface area contributed by atoms with Gasteiger partial charge in [-0.2, -0.15) is 0 Å². The largest absolute Gasteiger partial charge is 0.450 e. The molecule has 1 aliphatic heterocycles. The summed E-state index contributed by atoms with van der Waals surface area (Å²) in [5.74, 6) is 0. The van der Waals surface area contributed by atoms with Crippen LogP contribution in [0.1, 0.15) is 26.7 Å². The third-order valence-electron chi connectivity index (χ3n) is 3.51. The van der Waals surface area contributed by atoms with Crippen molar-refractivity contribution in [2.75, 3.05) is 36.9 Å². The van der Waals surface area contributed by atoms with E-state index >= 15 is 0 Å². The van der Waals surface area contributed by atoms with Gasteiger partial charge >= 0.3 is 6.09 Å². The molecule has 1 amide bonds. The summed E-state index contributed by atoms with van der Waals surface area (Å²) in [6, 6.07) is 2.43. The molecule has 1 aromatic rings. The summed E-state index contributed by atoms with van der Waals surface area (Å²) in [7, 11) is 0. The van der Waals surface area contributed by atoms with Gasteiger partial charge in [0.15, 0.2) is 0 Å². The number of rotatable bonds is 5. The molecule has 0 aromatic carbocycles. The second kappa shape index (κ2) is 7.71. The average Bonchev–Trinajstić information content (AvgIpc) is 2.49. The molecule has 0 spiro atoms. The molecule has 6 heteroatoms. The lowest BCUT2D eigenvalue weighted by Crippen LogP contribution is -2.42. The van der Waals surface area contributed by atoms with Crippen molar-refractivity contribution in [2.45, 2.75) is 32.7 Å². The van der Waals surface area contributed by atoms with Gasteiger partial charge in [0.05, 0.1) is 30.4 Å². The number of anilines is 2. The first-order chi connectivity index (χ1) is 10.2. The minimum atomic E-state index is -0.202. The van der Waals surface area contributed by atoms with Gasteiger partial charge in [-0.3, -0.25) is 4.98 Å². The molecule has 2 heterocycles. The monoisotopic (exact) mass is 292 g/mol. The second-order valence-electron chi connectivity index (χ2n) is 5.10. The molecule has 0 saturated carbocycles. The van der Waals surface area contributed by atoms with Crippen LogP contribution in [-0.2, 0) is 4.74 Å². The van der Waals surface area contributed by atoms with Crippen molar-refractivity contribution in [1.29, 1.82) is 0 Å². The number of piperidine rings is 1. The van der Waals surface area contributed by atoms with Gasteiger partial charge in [-0.05, 0) is 32.8 Å². The number of hydrogen-bond donors (Lipinski definition) is 2. The Morgan fingerprint density at radius 3 is 2.71 bits per heavy atom. The van der Waals surface area contributed by atoms with E-state index in [1.165, 1.54) is 0 Å². The van der Waals surface area contributed by atoms with Gasteiger partial charge in [0, 0.05) is 25.7 Å². The van der Waals surface area contributed by atoms with E-state index in [0.717, 1.165) is 43.9 Å². The summed E-state index contributed by atoms with van der Waals surface area (Å²) in [5.41, 5.74) is 2.04. The lowest BCUT2D eigenvalue weighted by atomic mass is 10.1. The fraction of sp³-hybridized carbons (Fsp3) is 0.600. The minimum Gasteiger partial charge on any atom is -0.450 e. The number of likely N-dealkylation sites (tertiary alicyclic amines) is 1. The van der Waals surface area contributed by atoms with Crippen LogP contribution in [0.15, 0.2) is 18.5 Å². The summed E-state index contributed by atoms with van der Waals surface area (Å²) in [6.45, 7) is 6.67. The molecule has 1 saturated heterocycles. The predicted octanol–water partition coefficient (Wildman–Crippen LogP) is 2.55. The van der Waals surface area contributed by atoms with E-state index in [2.05, 4.69) is 28.6 Å². The summed E-state index contributed by atoms with van der Waals surface area (Å²) in [4.78, 5) is 17.6. The summed E-state index contributed by atoms with van der Waals surface area (Å²) in [6.07, 6.45) is 5.29. The molecule has 1 aromatic heterocycles. The molecule has 0 bridgehead atoms.